The van der Waals surface area contributed by atoms with Gasteiger partial charge in [-0.1, -0.05) is 36.5 Å². The van der Waals surface area contributed by atoms with Gasteiger partial charge in [0.1, 0.15) is 5.69 Å². The fourth-order valence-corrected chi connectivity index (χ4v) is 2.16. The maximum absolute atomic E-state index is 12.2. The number of benzene rings is 1. The van der Waals surface area contributed by atoms with E-state index in [0.29, 0.717) is 21.4 Å². The number of halogens is 2. The predicted molar refractivity (Wildman–Crippen MR) is 92.0 cm³/mol. The smallest absolute Gasteiger partial charge is 0.274 e. The van der Waals surface area contributed by atoms with Crippen LogP contribution in [0.15, 0.2) is 36.5 Å². The number of amides is 1. The molecule has 6 heteroatoms. The van der Waals surface area contributed by atoms with E-state index in [1.54, 1.807) is 30.5 Å². The van der Waals surface area contributed by atoms with Gasteiger partial charge in [-0.3, -0.25) is 4.79 Å². The highest BCUT2D eigenvalue weighted by Gasteiger charge is 2.10. The third-order valence-electron chi connectivity index (χ3n) is 3.03. The number of nitrogens with one attached hydrogen (secondary N) is 2. The molecule has 0 aliphatic rings. The number of rotatable bonds is 6. The van der Waals surface area contributed by atoms with E-state index in [1.807, 2.05) is 6.07 Å². The van der Waals surface area contributed by atoms with Gasteiger partial charge in [0, 0.05) is 11.6 Å². The van der Waals surface area contributed by atoms with Crippen molar-refractivity contribution in [3.8, 4) is 0 Å². The second-order valence-corrected chi connectivity index (χ2v) is 5.63. The molecule has 0 spiro atoms. The molecule has 2 rings (SSSR count). The highest BCUT2D eigenvalue weighted by atomic mass is 35.5. The number of nitrogens with zero attached hydrogens (tertiary/aromatic N) is 1. The van der Waals surface area contributed by atoms with Crippen molar-refractivity contribution >= 4 is 40.5 Å². The van der Waals surface area contributed by atoms with Crippen LogP contribution in [0.3, 0.4) is 0 Å². The summed E-state index contributed by atoms with van der Waals surface area (Å²) in [6.45, 7) is 3.02. The van der Waals surface area contributed by atoms with Crippen molar-refractivity contribution < 1.29 is 4.79 Å². The van der Waals surface area contributed by atoms with Crippen molar-refractivity contribution in [3.63, 3.8) is 0 Å². The standard InChI is InChI=1S/C16H17Cl2N3O/c1-2-3-8-19-12-5-7-14(20-10-12)16(22)21-15-9-11(17)4-6-13(15)18/h4-7,9-10,19H,2-3,8H2,1H3,(H,21,22). The lowest BCUT2D eigenvalue weighted by molar-refractivity contribution is 0.102. The predicted octanol–water partition coefficient (Wildman–Crippen LogP) is 4.85. The summed E-state index contributed by atoms with van der Waals surface area (Å²) in [4.78, 5) is 16.3. The zero-order valence-electron chi connectivity index (χ0n) is 12.2. The maximum atomic E-state index is 12.2. The van der Waals surface area contributed by atoms with Crippen LogP contribution < -0.4 is 10.6 Å². The molecule has 0 aliphatic carbocycles. The van der Waals surface area contributed by atoms with Crippen molar-refractivity contribution in [1.82, 2.24) is 4.98 Å². The number of pyridine rings is 1. The number of hydrogen-bond acceptors (Lipinski definition) is 3. The van der Waals surface area contributed by atoms with Crippen LogP contribution in [0.2, 0.25) is 10.0 Å². The molecule has 0 bridgehead atoms. The normalized spacial score (nSPS) is 10.3. The molecule has 1 aromatic carbocycles. The third-order valence-corrected chi connectivity index (χ3v) is 3.60. The summed E-state index contributed by atoms with van der Waals surface area (Å²) in [5.74, 6) is -0.329. The first-order chi connectivity index (χ1) is 10.6. The van der Waals surface area contributed by atoms with Crippen molar-refractivity contribution in [2.75, 3.05) is 17.2 Å². The zero-order valence-corrected chi connectivity index (χ0v) is 13.7. The molecule has 2 N–H and O–H groups in total. The maximum Gasteiger partial charge on any atom is 0.274 e. The molecule has 0 fully saturated rings. The summed E-state index contributed by atoms with van der Waals surface area (Å²) in [5.41, 5.74) is 1.67. The first-order valence-electron chi connectivity index (χ1n) is 7.06. The van der Waals surface area contributed by atoms with Crippen LogP contribution >= 0.6 is 23.2 Å². The van der Waals surface area contributed by atoms with Gasteiger partial charge in [-0.05, 0) is 36.8 Å². The van der Waals surface area contributed by atoms with Gasteiger partial charge in [0.15, 0.2) is 0 Å². The first kappa shape index (κ1) is 16.6. The monoisotopic (exact) mass is 337 g/mol. The lowest BCUT2D eigenvalue weighted by atomic mass is 10.2. The van der Waals surface area contributed by atoms with E-state index in [0.717, 1.165) is 25.1 Å². The Hall–Kier alpha value is -1.78. The highest BCUT2D eigenvalue weighted by Crippen LogP contribution is 2.25. The lowest BCUT2D eigenvalue weighted by Gasteiger charge is -2.08. The largest absolute Gasteiger partial charge is 0.384 e. The SMILES string of the molecule is CCCCNc1ccc(C(=O)Nc2cc(Cl)ccc2Cl)nc1. The molecule has 116 valence electrons. The van der Waals surface area contributed by atoms with Gasteiger partial charge >= 0.3 is 0 Å². The molecule has 22 heavy (non-hydrogen) atoms. The van der Waals surface area contributed by atoms with Crippen LogP contribution in [0.25, 0.3) is 0 Å². The van der Waals surface area contributed by atoms with Crippen molar-refractivity contribution in [3.05, 3.63) is 52.3 Å². The Morgan fingerprint density at radius 2 is 2.05 bits per heavy atom. The van der Waals surface area contributed by atoms with Crippen molar-refractivity contribution in [2.45, 2.75) is 19.8 Å². The molecule has 0 aliphatic heterocycles. The minimum atomic E-state index is -0.329. The van der Waals surface area contributed by atoms with Crippen LogP contribution in [-0.2, 0) is 0 Å². The molecule has 2 aromatic rings. The van der Waals surface area contributed by atoms with E-state index in [-0.39, 0.29) is 5.91 Å². The minimum absolute atomic E-state index is 0.317. The Labute approximate surface area is 139 Å². The molecule has 0 saturated carbocycles. The number of carbonyl (C=O) groups excluding carboxylic acids is 1. The second-order valence-electron chi connectivity index (χ2n) is 4.79. The number of aromatic nitrogens is 1. The van der Waals surface area contributed by atoms with Gasteiger partial charge in [0.25, 0.3) is 5.91 Å². The van der Waals surface area contributed by atoms with Gasteiger partial charge in [-0.25, -0.2) is 4.98 Å². The molecular weight excluding hydrogens is 321 g/mol. The van der Waals surface area contributed by atoms with Crippen LogP contribution in [0.4, 0.5) is 11.4 Å². The van der Waals surface area contributed by atoms with E-state index < -0.39 is 0 Å². The molecular formula is C16H17Cl2N3O. The van der Waals surface area contributed by atoms with Gasteiger partial charge in [-0.15, -0.1) is 0 Å². The van der Waals surface area contributed by atoms with Crippen molar-refractivity contribution in [1.29, 1.82) is 0 Å². The Kier molecular flexibility index (Phi) is 6.04. The fraction of sp³-hybridized carbons (Fsp3) is 0.250. The Morgan fingerprint density at radius 1 is 1.23 bits per heavy atom. The van der Waals surface area contributed by atoms with Gasteiger partial charge < -0.3 is 10.6 Å². The van der Waals surface area contributed by atoms with E-state index in [4.69, 9.17) is 23.2 Å². The van der Waals surface area contributed by atoms with E-state index in [1.165, 1.54) is 0 Å². The topological polar surface area (TPSA) is 54.0 Å². The van der Waals surface area contributed by atoms with Crippen LogP contribution in [0, 0.1) is 0 Å². The molecule has 0 radical (unpaired) electrons. The summed E-state index contributed by atoms with van der Waals surface area (Å²) in [6.07, 6.45) is 3.86. The summed E-state index contributed by atoms with van der Waals surface area (Å²) >= 11 is 11.9. The van der Waals surface area contributed by atoms with Crippen LogP contribution in [-0.4, -0.2) is 17.4 Å². The minimum Gasteiger partial charge on any atom is -0.384 e. The molecule has 1 aromatic heterocycles. The van der Waals surface area contributed by atoms with Gasteiger partial charge in [-0.2, -0.15) is 0 Å². The molecule has 0 unspecified atom stereocenters. The Morgan fingerprint density at radius 3 is 2.73 bits per heavy atom. The Balaban J connectivity index is 2.02. The Bertz CT molecular complexity index is 644. The zero-order chi connectivity index (χ0) is 15.9. The number of unbranched alkanes of at least 4 members (excludes halogenated alkanes) is 1. The van der Waals surface area contributed by atoms with Crippen LogP contribution in [0.1, 0.15) is 30.3 Å². The van der Waals surface area contributed by atoms with Crippen LogP contribution in [0.5, 0.6) is 0 Å². The first-order valence-corrected chi connectivity index (χ1v) is 7.82. The molecule has 1 heterocycles. The second kappa shape index (κ2) is 8.01. The fourth-order valence-electron chi connectivity index (χ4n) is 1.82. The summed E-state index contributed by atoms with van der Waals surface area (Å²) in [6, 6.07) is 8.39. The average molecular weight is 338 g/mol. The molecule has 0 saturated heterocycles. The summed E-state index contributed by atoms with van der Waals surface area (Å²) < 4.78 is 0. The molecule has 4 nitrogen and oxygen atoms in total. The summed E-state index contributed by atoms with van der Waals surface area (Å²) in [7, 11) is 0. The van der Waals surface area contributed by atoms with E-state index in [9.17, 15) is 4.79 Å². The number of anilines is 2. The molecule has 1 amide bonds. The number of hydrogen-bond donors (Lipinski definition) is 2. The quantitative estimate of drug-likeness (QED) is 0.740. The van der Waals surface area contributed by atoms with Gasteiger partial charge in [0.05, 0.1) is 22.6 Å². The lowest BCUT2D eigenvalue weighted by Crippen LogP contribution is -2.14. The van der Waals surface area contributed by atoms with Crippen molar-refractivity contribution in [2.24, 2.45) is 0 Å². The van der Waals surface area contributed by atoms with Gasteiger partial charge in [0.2, 0.25) is 0 Å². The van der Waals surface area contributed by atoms with E-state index >= 15 is 0 Å². The molecule has 0 atom stereocenters. The average Bonchev–Trinajstić information content (AvgIpc) is 2.52. The summed E-state index contributed by atoms with van der Waals surface area (Å²) in [5, 5.41) is 6.88. The third kappa shape index (κ3) is 4.61. The van der Waals surface area contributed by atoms with E-state index in [2.05, 4.69) is 22.5 Å². The number of carbonyl (C=O) groups is 1. The highest BCUT2D eigenvalue weighted by molar-refractivity contribution is 6.35.